The van der Waals surface area contributed by atoms with E-state index in [1.165, 1.54) is 6.07 Å². The van der Waals surface area contributed by atoms with Crippen LogP contribution < -0.4 is 10.2 Å². The van der Waals surface area contributed by atoms with Gasteiger partial charge in [0.05, 0.1) is 5.54 Å². The number of anilines is 1. The molecule has 2 aliphatic heterocycles. The Balaban J connectivity index is 1.27. The van der Waals surface area contributed by atoms with Crippen molar-refractivity contribution in [2.24, 2.45) is 11.8 Å². The molecule has 3 aromatic carbocycles. The molecule has 1 amide bonds. The molecule has 2 heterocycles. The lowest BCUT2D eigenvalue weighted by Gasteiger charge is -2.24. The number of carbonyl (C=O) groups is 1. The molecule has 0 aromatic heterocycles. The molecule has 33 heavy (non-hydrogen) atoms. The van der Waals surface area contributed by atoms with Gasteiger partial charge in [0, 0.05) is 42.8 Å². The van der Waals surface area contributed by atoms with Gasteiger partial charge in [0.2, 0.25) is 0 Å². The van der Waals surface area contributed by atoms with Crippen molar-refractivity contribution in [2.75, 3.05) is 38.1 Å². The summed E-state index contributed by atoms with van der Waals surface area (Å²) >= 11 is 0. The van der Waals surface area contributed by atoms with E-state index >= 15 is 0 Å². The standard InChI is InChI=1S/C28H30FN3O/c1-18-7-8-21(32-16-19-14-31(2)15-20(19)17-32)13-24(18)27(33)30-28(11-12-28)25-9-10-26(29)23-6-4-3-5-22(23)25/h3-10,13,19-20H,11-12,14-17H2,1-2H3,(H,30,33). The van der Waals surface area contributed by atoms with Crippen molar-refractivity contribution >= 4 is 22.4 Å². The highest BCUT2D eigenvalue weighted by Gasteiger charge is 2.47. The number of amides is 1. The SMILES string of the molecule is Cc1ccc(N2CC3CN(C)CC3C2)cc1C(=O)NC1(c2ccc(F)c3ccccc23)CC1. The lowest BCUT2D eigenvalue weighted by molar-refractivity contribution is 0.0930. The largest absolute Gasteiger partial charge is 0.371 e. The van der Waals surface area contributed by atoms with Gasteiger partial charge >= 0.3 is 0 Å². The summed E-state index contributed by atoms with van der Waals surface area (Å²) in [6, 6.07) is 17.2. The lowest BCUT2D eigenvalue weighted by atomic mass is 9.96. The van der Waals surface area contributed by atoms with Gasteiger partial charge < -0.3 is 15.1 Å². The van der Waals surface area contributed by atoms with Crippen LogP contribution in [0.3, 0.4) is 0 Å². The summed E-state index contributed by atoms with van der Waals surface area (Å²) in [4.78, 5) is 18.4. The number of nitrogens with one attached hydrogen (secondary N) is 1. The number of hydrogen-bond acceptors (Lipinski definition) is 3. The predicted molar refractivity (Wildman–Crippen MR) is 130 cm³/mol. The summed E-state index contributed by atoms with van der Waals surface area (Å²) in [7, 11) is 2.20. The molecule has 6 rings (SSSR count). The summed E-state index contributed by atoms with van der Waals surface area (Å²) < 4.78 is 14.4. The second-order valence-corrected chi connectivity index (χ2v) is 10.3. The van der Waals surface area contributed by atoms with E-state index in [0.717, 1.165) is 78.6 Å². The number of aryl methyl sites for hydroxylation is 1. The maximum Gasteiger partial charge on any atom is 0.252 e. The van der Waals surface area contributed by atoms with E-state index in [4.69, 9.17) is 0 Å². The van der Waals surface area contributed by atoms with Gasteiger partial charge in [0.25, 0.3) is 5.91 Å². The number of nitrogens with zero attached hydrogens (tertiary/aromatic N) is 2. The number of benzene rings is 3. The quantitative estimate of drug-likeness (QED) is 0.635. The topological polar surface area (TPSA) is 35.6 Å². The van der Waals surface area contributed by atoms with Crippen molar-refractivity contribution in [2.45, 2.75) is 25.3 Å². The van der Waals surface area contributed by atoms with Crippen molar-refractivity contribution in [1.29, 1.82) is 0 Å². The van der Waals surface area contributed by atoms with E-state index in [0.29, 0.717) is 5.39 Å². The normalized spacial score (nSPS) is 23.7. The Kier molecular flexibility index (Phi) is 4.73. The van der Waals surface area contributed by atoms with Gasteiger partial charge in [-0.15, -0.1) is 0 Å². The van der Waals surface area contributed by atoms with Gasteiger partial charge in [0.1, 0.15) is 5.82 Å². The zero-order valence-corrected chi connectivity index (χ0v) is 19.3. The summed E-state index contributed by atoms with van der Waals surface area (Å²) in [5.74, 6) is 1.17. The van der Waals surface area contributed by atoms with Gasteiger partial charge in [-0.3, -0.25) is 4.79 Å². The van der Waals surface area contributed by atoms with E-state index in [1.807, 2.05) is 37.3 Å². The zero-order chi connectivity index (χ0) is 22.7. The van der Waals surface area contributed by atoms with Crippen LogP contribution in [0.4, 0.5) is 10.1 Å². The monoisotopic (exact) mass is 443 g/mol. The fourth-order valence-corrected chi connectivity index (χ4v) is 6.04. The molecule has 0 bridgehead atoms. The highest BCUT2D eigenvalue weighted by Crippen LogP contribution is 2.48. The second-order valence-electron chi connectivity index (χ2n) is 10.3. The molecule has 170 valence electrons. The number of carbonyl (C=O) groups excluding carboxylic acids is 1. The molecular weight excluding hydrogens is 413 g/mol. The molecule has 1 aliphatic carbocycles. The molecule has 1 N–H and O–H groups in total. The maximum absolute atomic E-state index is 14.4. The molecule has 5 heteroatoms. The van der Waals surface area contributed by atoms with E-state index in [2.05, 4.69) is 40.4 Å². The smallest absolute Gasteiger partial charge is 0.252 e. The molecule has 1 saturated carbocycles. The number of likely N-dealkylation sites (tertiary alicyclic amines) is 1. The van der Waals surface area contributed by atoms with Crippen molar-refractivity contribution in [3.8, 4) is 0 Å². The fraction of sp³-hybridized carbons (Fsp3) is 0.393. The first-order valence-electron chi connectivity index (χ1n) is 12.0. The van der Waals surface area contributed by atoms with Gasteiger partial charge in [-0.05, 0) is 73.4 Å². The maximum atomic E-state index is 14.4. The fourth-order valence-electron chi connectivity index (χ4n) is 6.04. The summed E-state index contributed by atoms with van der Waals surface area (Å²) in [5.41, 5.74) is 3.45. The van der Waals surface area contributed by atoms with Crippen molar-refractivity contribution in [1.82, 2.24) is 10.2 Å². The minimum absolute atomic E-state index is 0.0422. The first-order chi connectivity index (χ1) is 15.9. The third kappa shape index (κ3) is 3.50. The number of hydrogen-bond donors (Lipinski definition) is 1. The van der Waals surface area contributed by atoms with Crippen molar-refractivity contribution in [3.05, 3.63) is 77.1 Å². The van der Waals surface area contributed by atoms with Crippen LogP contribution in [0.1, 0.15) is 34.3 Å². The van der Waals surface area contributed by atoms with Crippen LogP contribution in [-0.4, -0.2) is 44.0 Å². The molecule has 0 spiro atoms. The summed E-state index contributed by atoms with van der Waals surface area (Å²) in [6.45, 7) is 6.44. The molecule has 2 saturated heterocycles. The average molecular weight is 444 g/mol. The third-order valence-corrected chi connectivity index (χ3v) is 7.99. The van der Waals surface area contributed by atoms with E-state index < -0.39 is 5.54 Å². The zero-order valence-electron chi connectivity index (χ0n) is 19.3. The Morgan fingerprint density at radius 1 is 0.970 bits per heavy atom. The van der Waals surface area contributed by atoms with Gasteiger partial charge in [0.15, 0.2) is 0 Å². The number of rotatable bonds is 4. The Hall–Kier alpha value is -2.92. The molecule has 2 atom stereocenters. The molecule has 2 unspecified atom stereocenters. The van der Waals surface area contributed by atoms with Crippen LogP contribution in [-0.2, 0) is 5.54 Å². The summed E-state index contributed by atoms with van der Waals surface area (Å²) in [5, 5.41) is 4.82. The van der Waals surface area contributed by atoms with Crippen LogP contribution in [0.5, 0.6) is 0 Å². The molecule has 0 radical (unpaired) electrons. The Morgan fingerprint density at radius 2 is 1.67 bits per heavy atom. The van der Waals surface area contributed by atoms with Crippen LogP contribution in [0, 0.1) is 24.6 Å². The number of halogens is 1. The van der Waals surface area contributed by atoms with E-state index in [9.17, 15) is 9.18 Å². The number of fused-ring (bicyclic) bond motifs is 2. The Bertz CT molecular complexity index is 1240. The first kappa shape index (κ1) is 20.7. The van der Waals surface area contributed by atoms with Crippen molar-refractivity contribution in [3.63, 3.8) is 0 Å². The van der Waals surface area contributed by atoms with E-state index in [-0.39, 0.29) is 11.7 Å². The highest BCUT2D eigenvalue weighted by molar-refractivity contribution is 5.98. The summed E-state index contributed by atoms with van der Waals surface area (Å²) in [6.07, 6.45) is 1.74. The minimum atomic E-state index is -0.415. The van der Waals surface area contributed by atoms with Gasteiger partial charge in [-0.25, -0.2) is 4.39 Å². The lowest BCUT2D eigenvalue weighted by Crippen LogP contribution is -2.35. The highest BCUT2D eigenvalue weighted by atomic mass is 19.1. The average Bonchev–Trinajstić information content (AvgIpc) is 3.33. The Morgan fingerprint density at radius 3 is 2.36 bits per heavy atom. The molecule has 3 aromatic rings. The van der Waals surface area contributed by atoms with Crippen LogP contribution in [0.2, 0.25) is 0 Å². The Labute approximate surface area is 194 Å². The minimum Gasteiger partial charge on any atom is -0.371 e. The third-order valence-electron chi connectivity index (χ3n) is 7.99. The van der Waals surface area contributed by atoms with Gasteiger partial charge in [-0.2, -0.15) is 0 Å². The van der Waals surface area contributed by atoms with Crippen molar-refractivity contribution < 1.29 is 9.18 Å². The molecular formula is C28H30FN3O. The van der Waals surface area contributed by atoms with Gasteiger partial charge in [-0.1, -0.05) is 36.4 Å². The van der Waals surface area contributed by atoms with Crippen LogP contribution in [0.25, 0.3) is 10.8 Å². The molecule has 3 fully saturated rings. The molecule has 3 aliphatic rings. The predicted octanol–water partition coefficient (Wildman–Crippen LogP) is 4.70. The van der Waals surface area contributed by atoms with E-state index in [1.54, 1.807) is 0 Å². The van der Waals surface area contributed by atoms with Crippen LogP contribution in [0.15, 0.2) is 54.6 Å². The van der Waals surface area contributed by atoms with Crippen LogP contribution >= 0.6 is 0 Å². The first-order valence-corrected chi connectivity index (χ1v) is 12.0. The molecule has 4 nitrogen and oxygen atoms in total. The second kappa shape index (κ2) is 7.56.